The lowest BCUT2D eigenvalue weighted by molar-refractivity contribution is -0.141. The fourth-order valence-corrected chi connectivity index (χ4v) is 3.98. The molecule has 2 aliphatic rings. The topological polar surface area (TPSA) is 81.7 Å². The average molecular weight is 416 g/mol. The third kappa shape index (κ3) is 3.42. The lowest BCUT2D eigenvalue weighted by Crippen LogP contribution is -2.18. The zero-order valence-electron chi connectivity index (χ0n) is 17.4. The Labute approximate surface area is 174 Å². The van der Waals surface area contributed by atoms with Crippen LogP contribution in [0.15, 0.2) is 24.3 Å². The molecule has 2 heterocycles. The van der Waals surface area contributed by atoms with E-state index in [4.69, 9.17) is 33.2 Å². The van der Waals surface area contributed by atoms with Gasteiger partial charge >= 0.3 is 5.97 Å². The van der Waals surface area contributed by atoms with Crippen molar-refractivity contribution < 1.29 is 38.0 Å². The van der Waals surface area contributed by atoms with E-state index in [0.29, 0.717) is 40.9 Å². The summed E-state index contributed by atoms with van der Waals surface area (Å²) in [5, 5.41) is 0. The summed E-state index contributed by atoms with van der Waals surface area (Å²) >= 11 is 0. The van der Waals surface area contributed by atoms with Crippen molar-refractivity contribution in [1.82, 2.24) is 0 Å². The van der Waals surface area contributed by atoms with E-state index in [1.165, 1.54) is 0 Å². The van der Waals surface area contributed by atoms with E-state index >= 15 is 0 Å². The van der Waals surface area contributed by atoms with E-state index in [-0.39, 0.29) is 31.2 Å². The first-order chi connectivity index (χ1) is 14.6. The zero-order chi connectivity index (χ0) is 21.3. The summed E-state index contributed by atoms with van der Waals surface area (Å²) in [5.41, 5.74) is 1.78. The third-order valence-electron chi connectivity index (χ3n) is 5.48. The summed E-state index contributed by atoms with van der Waals surface area (Å²) in [5.74, 6) is 2.57. The lowest BCUT2D eigenvalue weighted by atomic mass is 9.84. The van der Waals surface area contributed by atoms with Gasteiger partial charge in [-0.3, -0.25) is 4.79 Å². The number of fused-ring (bicyclic) bond motifs is 1. The third-order valence-corrected chi connectivity index (χ3v) is 5.48. The lowest BCUT2D eigenvalue weighted by Gasteiger charge is -2.19. The van der Waals surface area contributed by atoms with Crippen LogP contribution in [0.4, 0.5) is 0 Å². The van der Waals surface area contributed by atoms with Crippen LogP contribution in [-0.2, 0) is 16.0 Å². The molecular weight excluding hydrogens is 392 g/mol. The Morgan fingerprint density at radius 3 is 2.20 bits per heavy atom. The van der Waals surface area contributed by atoms with Gasteiger partial charge in [-0.05, 0) is 41.8 Å². The molecule has 0 radical (unpaired) electrons. The van der Waals surface area contributed by atoms with Crippen molar-refractivity contribution in [3.63, 3.8) is 0 Å². The summed E-state index contributed by atoms with van der Waals surface area (Å²) in [4.78, 5) is 12.6. The van der Waals surface area contributed by atoms with Crippen LogP contribution in [0.5, 0.6) is 34.5 Å². The second-order valence-electron chi connectivity index (χ2n) is 7.04. The van der Waals surface area contributed by atoms with Crippen LogP contribution in [0.25, 0.3) is 0 Å². The van der Waals surface area contributed by atoms with Crippen molar-refractivity contribution in [3.8, 4) is 34.5 Å². The van der Waals surface area contributed by atoms with Gasteiger partial charge in [0, 0.05) is 5.92 Å². The normalized spacial score (nSPS) is 19.4. The molecular formula is C22H24O8. The molecule has 1 fully saturated rings. The first-order valence-corrected chi connectivity index (χ1v) is 9.52. The van der Waals surface area contributed by atoms with E-state index in [2.05, 4.69) is 0 Å². The van der Waals surface area contributed by atoms with E-state index in [1.807, 2.05) is 24.3 Å². The quantitative estimate of drug-likeness (QED) is 0.638. The molecule has 2 aromatic rings. The number of ether oxygens (including phenoxy) is 7. The fourth-order valence-electron chi connectivity index (χ4n) is 3.98. The predicted molar refractivity (Wildman–Crippen MR) is 106 cm³/mol. The molecule has 0 unspecified atom stereocenters. The van der Waals surface area contributed by atoms with Gasteiger partial charge in [-0.2, -0.15) is 0 Å². The summed E-state index contributed by atoms with van der Waals surface area (Å²) in [6.45, 7) is 0.431. The van der Waals surface area contributed by atoms with Gasteiger partial charge in [0.2, 0.25) is 18.3 Å². The maximum atomic E-state index is 12.6. The Morgan fingerprint density at radius 2 is 1.57 bits per heavy atom. The van der Waals surface area contributed by atoms with Gasteiger partial charge in [0.25, 0.3) is 0 Å². The summed E-state index contributed by atoms with van der Waals surface area (Å²) in [7, 11) is 6.25. The monoisotopic (exact) mass is 416 g/mol. The molecule has 2 aromatic carbocycles. The van der Waals surface area contributed by atoms with Crippen molar-refractivity contribution in [2.24, 2.45) is 5.92 Å². The average Bonchev–Trinajstić information content (AvgIpc) is 3.39. The van der Waals surface area contributed by atoms with Crippen LogP contribution in [0.3, 0.4) is 0 Å². The number of benzene rings is 2. The van der Waals surface area contributed by atoms with E-state index in [1.54, 1.807) is 28.4 Å². The van der Waals surface area contributed by atoms with Gasteiger partial charge in [0.05, 0.1) is 41.0 Å². The molecule has 8 nitrogen and oxygen atoms in total. The molecule has 0 bridgehead atoms. The molecule has 0 saturated carbocycles. The Balaban J connectivity index is 1.67. The van der Waals surface area contributed by atoms with E-state index in [9.17, 15) is 4.79 Å². The molecule has 0 N–H and O–H groups in total. The number of methoxy groups -OCH3 is 4. The maximum Gasteiger partial charge on any atom is 0.310 e. The van der Waals surface area contributed by atoms with Crippen LogP contribution in [0.2, 0.25) is 0 Å². The molecule has 0 aromatic heterocycles. The van der Waals surface area contributed by atoms with Gasteiger partial charge in [0.15, 0.2) is 23.0 Å². The van der Waals surface area contributed by atoms with Crippen LogP contribution in [0.1, 0.15) is 17.0 Å². The van der Waals surface area contributed by atoms with E-state index < -0.39 is 0 Å². The minimum Gasteiger partial charge on any atom is -0.493 e. The Morgan fingerprint density at radius 1 is 0.867 bits per heavy atom. The van der Waals surface area contributed by atoms with Crippen molar-refractivity contribution in [2.75, 3.05) is 41.8 Å². The zero-order valence-corrected chi connectivity index (χ0v) is 17.4. The van der Waals surface area contributed by atoms with Crippen molar-refractivity contribution in [1.29, 1.82) is 0 Å². The highest BCUT2D eigenvalue weighted by Crippen LogP contribution is 2.46. The smallest absolute Gasteiger partial charge is 0.310 e. The van der Waals surface area contributed by atoms with Crippen LogP contribution >= 0.6 is 0 Å². The molecule has 8 heteroatoms. The first kappa shape index (κ1) is 20.0. The second kappa shape index (κ2) is 8.22. The highest BCUT2D eigenvalue weighted by molar-refractivity contribution is 5.77. The molecule has 4 rings (SSSR count). The molecule has 1 saturated heterocycles. The minimum absolute atomic E-state index is 0.143. The van der Waals surface area contributed by atoms with E-state index in [0.717, 1.165) is 11.1 Å². The minimum atomic E-state index is -0.377. The maximum absolute atomic E-state index is 12.6. The summed E-state index contributed by atoms with van der Waals surface area (Å²) < 4.78 is 38.1. The van der Waals surface area contributed by atoms with Crippen molar-refractivity contribution >= 4 is 5.97 Å². The number of rotatable bonds is 7. The number of esters is 1. The van der Waals surface area contributed by atoms with Crippen LogP contribution < -0.4 is 28.4 Å². The number of hydrogen-bond acceptors (Lipinski definition) is 8. The SMILES string of the molecule is COc1cc(C[C@@H]2C(=O)OC[C@@H]2c2cc(OC)c3c(c2)OCO3)cc(OC)c1OC. The van der Waals surface area contributed by atoms with Crippen LogP contribution in [0, 0.1) is 5.92 Å². The molecule has 160 valence electrons. The standard InChI is InChI=1S/C22H24O8/c1-24-16-6-12(7-17(25-2)20(16)27-4)5-14-15(10-28-22(14)23)13-8-18(26-3)21-19(9-13)29-11-30-21/h6-9,14-15H,5,10-11H2,1-4H3/t14-,15+/m0/s1. The van der Waals surface area contributed by atoms with Crippen LogP contribution in [-0.4, -0.2) is 47.8 Å². The summed E-state index contributed by atoms with van der Waals surface area (Å²) in [6, 6.07) is 7.47. The first-order valence-electron chi connectivity index (χ1n) is 9.52. The molecule has 0 amide bonds. The number of hydrogen-bond donors (Lipinski definition) is 0. The number of cyclic esters (lactones) is 1. The molecule has 0 aliphatic carbocycles. The molecule has 2 atom stereocenters. The fraction of sp³-hybridized carbons (Fsp3) is 0.409. The van der Waals surface area contributed by atoms with Gasteiger partial charge in [0.1, 0.15) is 0 Å². The molecule has 30 heavy (non-hydrogen) atoms. The van der Waals surface area contributed by atoms with Crippen molar-refractivity contribution in [2.45, 2.75) is 12.3 Å². The second-order valence-corrected chi connectivity index (χ2v) is 7.04. The number of carbonyl (C=O) groups is 1. The largest absolute Gasteiger partial charge is 0.493 e. The molecule has 2 aliphatic heterocycles. The Bertz CT molecular complexity index is 929. The van der Waals surface area contributed by atoms with Gasteiger partial charge < -0.3 is 33.2 Å². The highest BCUT2D eigenvalue weighted by atomic mass is 16.7. The predicted octanol–water partition coefficient (Wildman–Crippen LogP) is 2.95. The van der Waals surface area contributed by atoms with Gasteiger partial charge in [-0.1, -0.05) is 0 Å². The van der Waals surface area contributed by atoms with Crippen molar-refractivity contribution in [3.05, 3.63) is 35.4 Å². The Hall–Kier alpha value is -3.29. The molecule has 0 spiro atoms. The van der Waals surface area contributed by atoms with Gasteiger partial charge in [-0.15, -0.1) is 0 Å². The summed E-state index contributed by atoms with van der Waals surface area (Å²) in [6.07, 6.45) is 0.455. The number of carbonyl (C=O) groups excluding carboxylic acids is 1. The highest BCUT2D eigenvalue weighted by Gasteiger charge is 2.39. The van der Waals surface area contributed by atoms with Gasteiger partial charge in [-0.25, -0.2) is 0 Å². The Kier molecular flexibility index (Phi) is 5.48.